The first-order valence-corrected chi connectivity index (χ1v) is 9.36. The summed E-state index contributed by atoms with van der Waals surface area (Å²) in [5, 5.41) is 39.5. The molecule has 0 saturated heterocycles. The summed E-state index contributed by atoms with van der Waals surface area (Å²) in [6, 6.07) is 11.1. The standard InChI is InChI=1S/C20H27N5O3/c1-13(2)15-10-22-25-19(21-9-14-6-4-3-5-7-14)8-18(24-20(15)25)23-16(11-26)17(28)12-27/h3-8,10,13,16-17,21,26-28H,9,11-12H2,1-2H3,(H,23,24)/t16-,17?/m0/s1. The van der Waals surface area contributed by atoms with E-state index in [0.717, 1.165) is 16.9 Å². The minimum atomic E-state index is -1.10. The number of hydrogen-bond acceptors (Lipinski definition) is 7. The molecular formula is C20H27N5O3. The average Bonchev–Trinajstić information content (AvgIpc) is 3.14. The molecule has 0 bridgehead atoms. The maximum absolute atomic E-state index is 9.88. The Morgan fingerprint density at radius 1 is 1.11 bits per heavy atom. The smallest absolute Gasteiger partial charge is 0.163 e. The lowest BCUT2D eigenvalue weighted by Crippen LogP contribution is -2.39. The van der Waals surface area contributed by atoms with Crippen LogP contribution in [0.4, 0.5) is 11.6 Å². The number of benzene rings is 1. The minimum absolute atomic E-state index is 0.235. The molecule has 2 atom stereocenters. The van der Waals surface area contributed by atoms with Crippen molar-refractivity contribution in [2.45, 2.75) is 38.5 Å². The molecule has 2 aromatic heterocycles. The number of aromatic nitrogens is 3. The van der Waals surface area contributed by atoms with E-state index < -0.39 is 18.8 Å². The maximum atomic E-state index is 9.88. The summed E-state index contributed by atoms with van der Waals surface area (Å²) in [6.45, 7) is 3.96. The van der Waals surface area contributed by atoms with Crippen molar-refractivity contribution in [2.75, 3.05) is 23.8 Å². The van der Waals surface area contributed by atoms with Gasteiger partial charge in [-0.05, 0) is 11.5 Å². The van der Waals surface area contributed by atoms with E-state index >= 15 is 0 Å². The van der Waals surface area contributed by atoms with Crippen LogP contribution in [0.25, 0.3) is 5.65 Å². The fourth-order valence-electron chi connectivity index (χ4n) is 2.96. The first-order valence-electron chi connectivity index (χ1n) is 9.36. The third kappa shape index (κ3) is 4.41. The van der Waals surface area contributed by atoms with Crippen molar-refractivity contribution in [1.29, 1.82) is 0 Å². The quantitative estimate of drug-likeness (QED) is 0.380. The van der Waals surface area contributed by atoms with Crippen LogP contribution in [0.2, 0.25) is 0 Å². The van der Waals surface area contributed by atoms with Gasteiger partial charge in [-0.25, -0.2) is 4.98 Å². The average molecular weight is 385 g/mol. The highest BCUT2D eigenvalue weighted by Gasteiger charge is 2.20. The van der Waals surface area contributed by atoms with Crippen LogP contribution in [0.3, 0.4) is 0 Å². The predicted molar refractivity (Wildman–Crippen MR) is 108 cm³/mol. The van der Waals surface area contributed by atoms with Crippen molar-refractivity contribution in [1.82, 2.24) is 14.6 Å². The Balaban J connectivity index is 1.95. The van der Waals surface area contributed by atoms with E-state index in [4.69, 9.17) is 0 Å². The molecule has 0 aliphatic heterocycles. The van der Waals surface area contributed by atoms with Gasteiger partial charge in [0.05, 0.1) is 31.6 Å². The van der Waals surface area contributed by atoms with Crippen LogP contribution in [0, 0.1) is 0 Å². The Morgan fingerprint density at radius 3 is 2.50 bits per heavy atom. The van der Waals surface area contributed by atoms with Crippen LogP contribution < -0.4 is 10.6 Å². The van der Waals surface area contributed by atoms with Crippen molar-refractivity contribution in [3.8, 4) is 0 Å². The zero-order valence-corrected chi connectivity index (χ0v) is 16.1. The lowest BCUT2D eigenvalue weighted by atomic mass is 10.1. The number of rotatable bonds is 9. The number of aliphatic hydroxyl groups excluding tert-OH is 3. The molecule has 0 spiro atoms. The molecule has 3 aromatic rings. The Labute approximate surface area is 163 Å². The van der Waals surface area contributed by atoms with Gasteiger partial charge >= 0.3 is 0 Å². The van der Waals surface area contributed by atoms with Crippen molar-refractivity contribution in [2.24, 2.45) is 0 Å². The molecule has 1 unspecified atom stereocenters. The summed E-state index contributed by atoms with van der Waals surface area (Å²) >= 11 is 0. The van der Waals surface area contributed by atoms with Gasteiger partial charge in [-0.3, -0.25) is 0 Å². The van der Waals surface area contributed by atoms with Gasteiger partial charge in [-0.1, -0.05) is 44.2 Å². The molecule has 0 amide bonds. The topological polar surface area (TPSA) is 115 Å². The monoisotopic (exact) mass is 385 g/mol. The summed E-state index contributed by atoms with van der Waals surface area (Å²) in [7, 11) is 0. The van der Waals surface area contributed by atoms with E-state index in [1.54, 1.807) is 16.8 Å². The first kappa shape index (κ1) is 20.1. The zero-order chi connectivity index (χ0) is 20.1. The lowest BCUT2D eigenvalue weighted by Gasteiger charge is -2.22. The largest absolute Gasteiger partial charge is 0.394 e. The summed E-state index contributed by atoms with van der Waals surface area (Å²) in [5.74, 6) is 1.45. The molecule has 1 aromatic carbocycles. The van der Waals surface area contributed by atoms with Crippen molar-refractivity contribution in [3.05, 3.63) is 53.7 Å². The van der Waals surface area contributed by atoms with Gasteiger partial charge in [0.1, 0.15) is 11.6 Å². The van der Waals surface area contributed by atoms with Gasteiger partial charge in [0, 0.05) is 18.2 Å². The molecular weight excluding hydrogens is 358 g/mol. The van der Waals surface area contributed by atoms with Gasteiger partial charge in [-0.15, -0.1) is 0 Å². The van der Waals surface area contributed by atoms with Crippen molar-refractivity contribution in [3.63, 3.8) is 0 Å². The van der Waals surface area contributed by atoms with Gasteiger partial charge in [-0.2, -0.15) is 9.61 Å². The molecule has 0 aliphatic rings. The van der Waals surface area contributed by atoms with Gasteiger partial charge < -0.3 is 26.0 Å². The molecule has 3 rings (SSSR count). The van der Waals surface area contributed by atoms with E-state index in [2.05, 4.69) is 34.6 Å². The van der Waals surface area contributed by atoms with Crippen LogP contribution >= 0.6 is 0 Å². The van der Waals surface area contributed by atoms with Gasteiger partial charge in [0.2, 0.25) is 0 Å². The number of nitrogens with zero attached hydrogens (tertiary/aromatic N) is 3. The molecule has 8 heteroatoms. The van der Waals surface area contributed by atoms with Crippen LogP contribution in [0.15, 0.2) is 42.6 Å². The highest BCUT2D eigenvalue weighted by atomic mass is 16.3. The highest BCUT2D eigenvalue weighted by molar-refractivity contribution is 5.61. The second kappa shape index (κ2) is 9.01. The van der Waals surface area contributed by atoms with E-state index in [-0.39, 0.29) is 12.5 Å². The van der Waals surface area contributed by atoms with Crippen LogP contribution in [-0.4, -0.2) is 55.3 Å². The number of fused-ring (bicyclic) bond motifs is 1. The Kier molecular flexibility index (Phi) is 6.45. The van der Waals surface area contributed by atoms with Crippen molar-refractivity contribution >= 4 is 17.3 Å². The van der Waals surface area contributed by atoms with E-state index in [0.29, 0.717) is 18.0 Å². The Morgan fingerprint density at radius 2 is 1.86 bits per heavy atom. The molecule has 0 aliphatic carbocycles. The Bertz CT molecular complexity index is 897. The fraction of sp³-hybridized carbons (Fsp3) is 0.400. The van der Waals surface area contributed by atoms with Gasteiger partial charge in [0.15, 0.2) is 5.65 Å². The van der Waals surface area contributed by atoms with Crippen LogP contribution in [0.5, 0.6) is 0 Å². The number of anilines is 2. The number of hydrogen-bond donors (Lipinski definition) is 5. The van der Waals surface area contributed by atoms with E-state index in [9.17, 15) is 15.3 Å². The fourth-order valence-corrected chi connectivity index (χ4v) is 2.96. The van der Waals surface area contributed by atoms with Gasteiger partial charge in [0.25, 0.3) is 0 Å². The Hall–Kier alpha value is -2.68. The van der Waals surface area contributed by atoms with E-state index in [1.807, 2.05) is 30.3 Å². The molecule has 5 N–H and O–H groups in total. The normalized spacial score (nSPS) is 13.6. The molecule has 0 saturated carbocycles. The molecule has 0 radical (unpaired) electrons. The second-order valence-electron chi connectivity index (χ2n) is 7.04. The third-order valence-corrected chi connectivity index (χ3v) is 4.62. The van der Waals surface area contributed by atoms with Crippen LogP contribution in [0.1, 0.15) is 30.9 Å². The van der Waals surface area contributed by atoms with Crippen LogP contribution in [-0.2, 0) is 6.54 Å². The summed E-state index contributed by atoms with van der Waals surface area (Å²) in [4.78, 5) is 4.62. The summed E-state index contributed by atoms with van der Waals surface area (Å²) in [5.41, 5.74) is 2.82. The number of nitrogens with one attached hydrogen (secondary N) is 2. The predicted octanol–water partition coefficient (Wildman–Crippen LogP) is 1.59. The van der Waals surface area contributed by atoms with E-state index in [1.165, 1.54) is 0 Å². The summed E-state index contributed by atoms with van der Waals surface area (Å²) in [6.07, 6.45) is 0.703. The van der Waals surface area contributed by atoms with Crippen molar-refractivity contribution < 1.29 is 15.3 Å². The molecule has 2 heterocycles. The lowest BCUT2D eigenvalue weighted by molar-refractivity contribution is 0.0612. The zero-order valence-electron chi connectivity index (χ0n) is 16.1. The molecule has 28 heavy (non-hydrogen) atoms. The maximum Gasteiger partial charge on any atom is 0.163 e. The third-order valence-electron chi connectivity index (χ3n) is 4.62. The SMILES string of the molecule is CC(C)c1cnn2c(NCc3ccccc3)cc(N[C@@H](CO)C(O)CO)nc12. The highest BCUT2D eigenvalue weighted by Crippen LogP contribution is 2.24. The molecule has 8 nitrogen and oxygen atoms in total. The first-order chi connectivity index (χ1) is 13.5. The number of aliphatic hydroxyl groups is 3. The second-order valence-corrected chi connectivity index (χ2v) is 7.04. The molecule has 0 fully saturated rings. The summed E-state index contributed by atoms with van der Waals surface area (Å²) < 4.78 is 1.75. The minimum Gasteiger partial charge on any atom is -0.394 e. The molecule has 150 valence electrons.